The molecule has 3 rings (SSSR count). The molecule has 0 bridgehead atoms. The van der Waals surface area contributed by atoms with Gasteiger partial charge in [0.1, 0.15) is 6.10 Å². The molecule has 3 N–H and O–H groups in total. The Kier molecular flexibility index (Phi) is 8.24. The maximum atomic E-state index is 13.8. The van der Waals surface area contributed by atoms with Gasteiger partial charge < -0.3 is 15.8 Å². The number of hydrogen-bond donors (Lipinski definition) is 2. The summed E-state index contributed by atoms with van der Waals surface area (Å²) < 4.78 is 32.8. The number of hydrogen-bond acceptors (Lipinski definition) is 4. The predicted octanol–water partition coefficient (Wildman–Crippen LogP) is 3.82. The summed E-state index contributed by atoms with van der Waals surface area (Å²) >= 11 is 1.56. The molecular formula is C20H23ClF2N2O2S. The zero-order valence-electron chi connectivity index (χ0n) is 15.4. The Morgan fingerprint density at radius 2 is 1.96 bits per heavy atom. The Labute approximate surface area is 173 Å². The molecule has 0 saturated carbocycles. The highest BCUT2D eigenvalue weighted by atomic mass is 35.5. The summed E-state index contributed by atoms with van der Waals surface area (Å²) in [4.78, 5) is 13.7. The van der Waals surface area contributed by atoms with Gasteiger partial charge in [0, 0.05) is 11.4 Å². The second kappa shape index (κ2) is 10.2. The third kappa shape index (κ3) is 5.23. The lowest BCUT2D eigenvalue weighted by molar-refractivity contribution is -0.132. The molecule has 1 amide bonds. The van der Waals surface area contributed by atoms with E-state index in [0.717, 1.165) is 29.0 Å². The van der Waals surface area contributed by atoms with Gasteiger partial charge in [-0.15, -0.1) is 24.2 Å². The summed E-state index contributed by atoms with van der Waals surface area (Å²) in [6, 6.07) is 10.6. The molecule has 1 fully saturated rings. The average Bonchev–Trinajstić information content (AvgIpc) is 3.17. The van der Waals surface area contributed by atoms with Gasteiger partial charge in [-0.25, -0.2) is 8.78 Å². The summed E-state index contributed by atoms with van der Waals surface area (Å²) in [5.41, 5.74) is 6.86. The predicted molar refractivity (Wildman–Crippen MR) is 109 cm³/mol. The van der Waals surface area contributed by atoms with Crippen molar-refractivity contribution in [3.8, 4) is 0 Å². The van der Waals surface area contributed by atoms with Crippen molar-refractivity contribution in [1.82, 2.24) is 5.32 Å². The second-order valence-electron chi connectivity index (χ2n) is 6.45. The Hall–Kier alpha value is -1.67. The normalized spacial score (nSPS) is 19.7. The van der Waals surface area contributed by atoms with Gasteiger partial charge in [-0.05, 0) is 54.5 Å². The number of thioether (sulfide) groups is 1. The molecule has 1 aliphatic rings. The largest absolute Gasteiger partial charge is 0.364 e. The quantitative estimate of drug-likeness (QED) is 0.686. The molecular weight excluding hydrogens is 406 g/mol. The van der Waals surface area contributed by atoms with Gasteiger partial charge in [0.05, 0.1) is 12.1 Å². The SMILES string of the molecule is CSc1cccc(C(NC(=O)[C@@H]2CC[C@H](CN)O2)c2ccc(F)c(F)c2)c1.Cl. The Balaban J connectivity index is 0.00000280. The summed E-state index contributed by atoms with van der Waals surface area (Å²) in [6.07, 6.45) is 2.55. The Morgan fingerprint density at radius 3 is 2.61 bits per heavy atom. The molecule has 28 heavy (non-hydrogen) atoms. The standard InChI is InChI=1S/C20H22F2N2O2S.ClH/c1-27-15-4-2-3-12(9-15)19(13-5-7-16(21)17(22)10-13)24-20(25)18-8-6-14(11-23)26-18;/h2-5,7,9-10,14,18-19H,6,8,11,23H2,1H3,(H,24,25);1H/t14-,18+,19?;/m1./s1. The first-order chi connectivity index (χ1) is 13.0. The number of halogens is 3. The topological polar surface area (TPSA) is 64.4 Å². The average molecular weight is 429 g/mol. The van der Waals surface area contributed by atoms with E-state index in [4.69, 9.17) is 10.5 Å². The van der Waals surface area contributed by atoms with E-state index in [2.05, 4.69) is 5.32 Å². The monoisotopic (exact) mass is 428 g/mol. The van der Waals surface area contributed by atoms with Gasteiger partial charge in [-0.1, -0.05) is 18.2 Å². The number of benzene rings is 2. The van der Waals surface area contributed by atoms with E-state index in [9.17, 15) is 13.6 Å². The van der Waals surface area contributed by atoms with E-state index in [1.807, 2.05) is 30.5 Å². The van der Waals surface area contributed by atoms with Crippen LogP contribution in [0.5, 0.6) is 0 Å². The molecule has 2 aromatic carbocycles. The third-order valence-corrected chi connectivity index (χ3v) is 5.38. The van der Waals surface area contributed by atoms with Crippen LogP contribution in [0.1, 0.15) is 30.0 Å². The van der Waals surface area contributed by atoms with Crippen molar-refractivity contribution in [2.24, 2.45) is 5.73 Å². The lowest BCUT2D eigenvalue weighted by Crippen LogP contribution is -2.38. The number of amides is 1. The summed E-state index contributed by atoms with van der Waals surface area (Å²) in [7, 11) is 0. The minimum atomic E-state index is -0.951. The highest BCUT2D eigenvalue weighted by Gasteiger charge is 2.31. The van der Waals surface area contributed by atoms with Crippen molar-refractivity contribution in [1.29, 1.82) is 0 Å². The van der Waals surface area contributed by atoms with Gasteiger partial charge in [0.2, 0.25) is 5.91 Å². The van der Waals surface area contributed by atoms with Gasteiger partial charge in [0.15, 0.2) is 11.6 Å². The molecule has 4 nitrogen and oxygen atoms in total. The summed E-state index contributed by atoms with van der Waals surface area (Å²) in [6.45, 7) is 0.367. The van der Waals surface area contributed by atoms with E-state index < -0.39 is 23.8 Å². The highest BCUT2D eigenvalue weighted by Crippen LogP contribution is 2.28. The molecule has 0 aromatic heterocycles. The van der Waals surface area contributed by atoms with E-state index >= 15 is 0 Å². The zero-order valence-corrected chi connectivity index (χ0v) is 17.0. The molecule has 1 aliphatic heterocycles. The first-order valence-corrected chi connectivity index (χ1v) is 9.99. The van der Waals surface area contributed by atoms with Crippen molar-refractivity contribution in [3.63, 3.8) is 0 Å². The molecule has 0 aliphatic carbocycles. The Morgan fingerprint density at radius 1 is 1.21 bits per heavy atom. The number of nitrogens with one attached hydrogen (secondary N) is 1. The van der Waals surface area contributed by atoms with Crippen molar-refractivity contribution < 1.29 is 18.3 Å². The molecule has 3 atom stereocenters. The summed E-state index contributed by atoms with van der Waals surface area (Å²) in [5, 5.41) is 2.93. The summed E-state index contributed by atoms with van der Waals surface area (Å²) in [5.74, 6) is -2.16. The smallest absolute Gasteiger partial charge is 0.249 e. The van der Waals surface area contributed by atoms with Crippen molar-refractivity contribution in [2.45, 2.75) is 36.0 Å². The van der Waals surface area contributed by atoms with Crippen LogP contribution in [0.25, 0.3) is 0 Å². The number of rotatable bonds is 6. The molecule has 1 unspecified atom stereocenters. The van der Waals surface area contributed by atoms with Crippen LogP contribution < -0.4 is 11.1 Å². The van der Waals surface area contributed by atoms with Gasteiger partial charge in [-0.2, -0.15) is 0 Å². The molecule has 8 heteroatoms. The van der Waals surface area contributed by atoms with E-state index in [-0.39, 0.29) is 24.4 Å². The molecule has 0 spiro atoms. The van der Waals surface area contributed by atoms with Crippen LogP contribution in [-0.2, 0) is 9.53 Å². The Bertz CT molecular complexity index is 825. The second-order valence-corrected chi connectivity index (χ2v) is 7.33. The maximum Gasteiger partial charge on any atom is 0.249 e. The van der Waals surface area contributed by atoms with Crippen LogP contribution in [-0.4, -0.2) is 30.9 Å². The third-order valence-electron chi connectivity index (χ3n) is 4.65. The molecule has 1 heterocycles. The van der Waals surface area contributed by atoms with E-state index in [1.165, 1.54) is 6.07 Å². The number of carbonyl (C=O) groups is 1. The van der Waals surface area contributed by atoms with Crippen LogP contribution in [0.2, 0.25) is 0 Å². The van der Waals surface area contributed by atoms with Crippen LogP contribution in [0.15, 0.2) is 47.4 Å². The first kappa shape index (κ1) is 22.6. The van der Waals surface area contributed by atoms with Crippen molar-refractivity contribution in [2.75, 3.05) is 12.8 Å². The molecule has 0 radical (unpaired) electrons. The van der Waals surface area contributed by atoms with Crippen molar-refractivity contribution in [3.05, 3.63) is 65.2 Å². The van der Waals surface area contributed by atoms with Crippen LogP contribution in [0.3, 0.4) is 0 Å². The molecule has 1 saturated heterocycles. The van der Waals surface area contributed by atoms with Crippen LogP contribution >= 0.6 is 24.2 Å². The fourth-order valence-corrected chi connectivity index (χ4v) is 3.65. The number of carbonyl (C=O) groups excluding carboxylic acids is 1. The van der Waals surface area contributed by atoms with E-state index in [1.54, 1.807) is 11.8 Å². The first-order valence-electron chi connectivity index (χ1n) is 8.76. The van der Waals surface area contributed by atoms with Crippen LogP contribution in [0.4, 0.5) is 8.78 Å². The minimum absolute atomic E-state index is 0. The van der Waals surface area contributed by atoms with Gasteiger partial charge in [0.25, 0.3) is 0 Å². The fraction of sp³-hybridized carbons (Fsp3) is 0.350. The van der Waals surface area contributed by atoms with E-state index in [0.29, 0.717) is 18.5 Å². The van der Waals surface area contributed by atoms with Gasteiger partial charge in [-0.3, -0.25) is 4.79 Å². The number of ether oxygens (including phenoxy) is 1. The number of nitrogens with two attached hydrogens (primary N) is 1. The fourth-order valence-electron chi connectivity index (χ4n) is 3.18. The minimum Gasteiger partial charge on any atom is -0.364 e. The van der Waals surface area contributed by atoms with Crippen LogP contribution in [0, 0.1) is 11.6 Å². The lowest BCUT2D eigenvalue weighted by atomic mass is 9.98. The zero-order chi connectivity index (χ0) is 19.4. The highest BCUT2D eigenvalue weighted by molar-refractivity contribution is 7.98. The maximum absolute atomic E-state index is 13.8. The molecule has 152 valence electrons. The van der Waals surface area contributed by atoms with Gasteiger partial charge >= 0.3 is 0 Å². The molecule has 2 aromatic rings. The van der Waals surface area contributed by atoms with Crippen molar-refractivity contribution >= 4 is 30.1 Å². The lowest BCUT2D eigenvalue weighted by Gasteiger charge is -2.22.